The van der Waals surface area contributed by atoms with Gasteiger partial charge in [0.2, 0.25) is 0 Å². The maximum Gasteiger partial charge on any atom is 0.389 e. The number of hydrogen-bond donors (Lipinski definition) is 2. The van der Waals surface area contributed by atoms with Gasteiger partial charge in [-0.2, -0.15) is 23.5 Å². The van der Waals surface area contributed by atoms with Gasteiger partial charge in [-0.1, -0.05) is 0 Å². The van der Waals surface area contributed by atoms with Crippen molar-refractivity contribution in [2.75, 3.05) is 0 Å². The predicted molar refractivity (Wildman–Crippen MR) is 94.2 cm³/mol. The number of nitrogens with one attached hydrogen (secondary N) is 2. The number of benzene rings is 1. The fourth-order valence-electron chi connectivity index (χ4n) is 3.35. The van der Waals surface area contributed by atoms with E-state index in [9.17, 15) is 31.6 Å². The molecule has 1 atom stereocenters. The van der Waals surface area contributed by atoms with Crippen molar-refractivity contribution in [1.82, 2.24) is 15.5 Å². The molecule has 1 aromatic heterocycles. The smallest absolute Gasteiger partial charge is 0.367 e. The van der Waals surface area contributed by atoms with Gasteiger partial charge in [-0.3, -0.25) is 5.10 Å². The summed E-state index contributed by atoms with van der Waals surface area (Å²) in [6.07, 6.45) is -10.00. The van der Waals surface area contributed by atoms with E-state index in [1.165, 1.54) is 6.07 Å². The lowest BCUT2D eigenvalue weighted by atomic mass is 9.83. The number of alkyl halides is 5. The van der Waals surface area contributed by atoms with Gasteiger partial charge < -0.3 is 5.32 Å². The van der Waals surface area contributed by atoms with Gasteiger partial charge >= 0.3 is 6.18 Å². The van der Waals surface area contributed by atoms with Crippen LogP contribution in [0.5, 0.6) is 0 Å². The monoisotopic (exact) mass is 425 g/mol. The molecule has 0 radical (unpaired) electrons. The number of hydrogen-bond acceptors (Lipinski definition) is 3. The van der Waals surface area contributed by atoms with Crippen LogP contribution in [0.2, 0.25) is 0 Å². The van der Waals surface area contributed by atoms with Crippen LogP contribution in [-0.4, -0.2) is 22.8 Å². The molecule has 0 amide bonds. The zero-order chi connectivity index (χ0) is 22.2. The maximum atomic E-state index is 14.9. The van der Waals surface area contributed by atoms with Crippen LogP contribution in [0.4, 0.5) is 26.3 Å². The Kier molecular flexibility index (Phi) is 5.49. The summed E-state index contributed by atoms with van der Waals surface area (Å²) in [5.74, 6) is -2.49. The minimum absolute atomic E-state index is 0.241. The average Bonchev–Trinajstić information content (AvgIpc) is 3.03. The van der Waals surface area contributed by atoms with Gasteiger partial charge in [0.25, 0.3) is 6.43 Å². The third kappa shape index (κ3) is 3.83. The van der Waals surface area contributed by atoms with Crippen LogP contribution >= 0.6 is 0 Å². The molecule has 1 aromatic carbocycles. The largest absolute Gasteiger partial charge is 0.389 e. The maximum absolute atomic E-state index is 14.9. The van der Waals surface area contributed by atoms with Gasteiger partial charge in [-0.25, -0.2) is 18.0 Å². The summed E-state index contributed by atoms with van der Waals surface area (Å²) < 4.78 is 80.1. The van der Waals surface area contributed by atoms with E-state index in [0.717, 1.165) is 6.07 Å². The van der Waals surface area contributed by atoms with E-state index in [2.05, 4.69) is 20.4 Å². The Morgan fingerprint density at radius 1 is 1.33 bits per heavy atom. The van der Waals surface area contributed by atoms with Crippen LogP contribution in [-0.2, 0) is 0 Å². The van der Waals surface area contributed by atoms with Gasteiger partial charge in [0.05, 0.1) is 35.3 Å². The summed E-state index contributed by atoms with van der Waals surface area (Å²) >= 11 is 0. The van der Waals surface area contributed by atoms with E-state index < -0.39 is 59.8 Å². The highest BCUT2D eigenvalue weighted by Crippen LogP contribution is 2.43. The van der Waals surface area contributed by atoms with Crippen molar-refractivity contribution >= 4 is 10.9 Å². The Morgan fingerprint density at radius 3 is 2.60 bits per heavy atom. The molecule has 2 heterocycles. The number of fused-ring (bicyclic) bond motifs is 1. The number of aryl methyl sites for hydroxylation is 1. The first-order valence-corrected chi connectivity index (χ1v) is 8.58. The lowest BCUT2D eigenvalue weighted by Gasteiger charge is -2.29. The lowest BCUT2D eigenvalue weighted by molar-refractivity contribution is -0.134. The molecule has 0 fully saturated rings. The molecule has 0 spiro atoms. The van der Waals surface area contributed by atoms with Gasteiger partial charge in [0.1, 0.15) is 5.82 Å². The number of aromatic amines is 1. The van der Waals surface area contributed by atoms with E-state index >= 15 is 0 Å². The van der Waals surface area contributed by atoms with Crippen LogP contribution in [0.15, 0.2) is 34.8 Å². The van der Waals surface area contributed by atoms with Crippen LogP contribution in [0.1, 0.15) is 30.0 Å². The van der Waals surface area contributed by atoms with Crippen LogP contribution in [0.25, 0.3) is 15.7 Å². The molecule has 0 aliphatic carbocycles. The summed E-state index contributed by atoms with van der Waals surface area (Å²) in [5.41, 5.74) is -1.89. The Bertz CT molecular complexity index is 1140. The number of rotatable bonds is 4. The quantitative estimate of drug-likeness (QED) is 0.522. The van der Waals surface area contributed by atoms with Gasteiger partial charge in [0.15, 0.2) is 5.70 Å². The van der Waals surface area contributed by atoms with Crippen molar-refractivity contribution in [3.8, 4) is 6.07 Å². The SMILES string of the molecule is [C-]#[N+]C1=C(CCC(F)(F)F)NC(C(F)F)=C(C#N)C1c1cc2c(C)[nH]nc2cc1F. The first kappa shape index (κ1) is 21.2. The normalized spacial score (nSPS) is 17.3. The topological polar surface area (TPSA) is 68.9 Å². The second-order valence-electron chi connectivity index (χ2n) is 6.63. The standard InChI is InChI=1S/C19H13F6N5/c1-8-9-5-10(12(20)6-14(9)30-29-8)15-11(7-26)16(18(21)22)28-13(17(15)27-2)3-4-19(23,24)25/h5-6,15,18,28H,3-4H2,1H3,(H,29,30). The zero-order valence-corrected chi connectivity index (χ0v) is 15.3. The van der Waals surface area contributed by atoms with Gasteiger partial charge in [-0.05, 0) is 25.0 Å². The summed E-state index contributed by atoms with van der Waals surface area (Å²) in [5, 5.41) is 18.6. The van der Waals surface area contributed by atoms with Crippen LogP contribution in [0.3, 0.4) is 0 Å². The number of dihydropyridines is 1. The minimum atomic E-state index is -4.60. The molecule has 5 nitrogen and oxygen atoms in total. The van der Waals surface area contributed by atoms with E-state index in [1.807, 2.05) is 0 Å². The van der Waals surface area contributed by atoms with E-state index in [0.29, 0.717) is 11.1 Å². The Labute approximate surface area is 166 Å². The van der Waals surface area contributed by atoms with Crippen molar-refractivity contribution in [3.63, 3.8) is 0 Å². The molecule has 2 N–H and O–H groups in total. The Hall–Kier alpha value is -3.47. The zero-order valence-electron chi connectivity index (χ0n) is 15.3. The van der Waals surface area contributed by atoms with Crippen LogP contribution in [0, 0.1) is 30.6 Å². The molecule has 1 aliphatic rings. The molecule has 0 bridgehead atoms. The molecule has 0 saturated heterocycles. The second-order valence-corrected chi connectivity index (χ2v) is 6.63. The van der Waals surface area contributed by atoms with E-state index in [-0.39, 0.29) is 11.1 Å². The fourth-order valence-corrected chi connectivity index (χ4v) is 3.35. The van der Waals surface area contributed by atoms with Crippen molar-refractivity contribution < 1.29 is 26.3 Å². The van der Waals surface area contributed by atoms with Gasteiger partial charge in [0, 0.05) is 29.3 Å². The molecule has 11 heteroatoms. The van der Waals surface area contributed by atoms with Crippen molar-refractivity contribution in [3.05, 3.63) is 63.3 Å². The highest BCUT2D eigenvalue weighted by molar-refractivity contribution is 5.82. The Balaban J connectivity index is 2.25. The fraction of sp³-hybridized carbons (Fsp3) is 0.316. The van der Waals surface area contributed by atoms with E-state index in [4.69, 9.17) is 6.57 Å². The first-order chi connectivity index (χ1) is 14.1. The first-order valence-electron chi connectivity index (χ1n) is 8.58. The number of nitrogens with zero attached hydrogens (tertiary/aromatic N) is 3. The number of allylic oxidation sites excluding steroid dienone is 3. The molecule has 1 aliphatic heterocycles. The average molecular weight is 425 g/mol. The number of nitriles is 1. The van der Waals surface area contributed by atoms with E-state index in [1.54, 1.807) is 13.0 Å². The lowest BCUT2D eigenvalue weighted by Crippen LogP contribution is -2.30. The van der Waals surface area contributed by atoms with Crippen molar-refractivity contribution in [2.45, 2.75) is 38.3 Å². The summed E-state index contributed by atoms with van der Waals surface area (Å²) in [7, 11) is 0. The van der Waals surface area contributed by atoms with Crippen LogP contribution < -0.4 is 5.32 Å². The molecule has 2 aromatic rings. The molecule has 30 heavy (non-hydrogen) atoms. The number of H-pyrrole nitrogens is 1. The molecule has 1 unspecified atom stereocenters. The van der Waals surface area contributed by atoms with Crippen molar-refractivity contribution in [2.24, 2.45) is 0 Å². The van der Waals surface area contributed by atoms with Gasteiger partial charge in [-0.15, -0.1) is 0 Å². The molecular weight excluding hydrogens is 412 g/mol. The highest BCUT2D eigenvalue weighted by Gasteiger charge is 2.38. The number of aromatic nitrogens is 2. The third-order valence-electron chi connectivity index (χ3n) is 4.74. The molecule has 0 saturated carbocycles. The second kappa shape index (κ2) is 7.75. The third-order valence-corrected chi connectivity index (χ3v) is 4.74. The molecular formula is C19H13F6N5. The predicted octanol–water partition coefficient (Wildman–Crippen LogP) is 5.21. The molecule has 156 valence electrons. The summed E-state index contributed by atoms with van der Waals surface area (Å²) in [6, 6.07) is 3.86. The highest BCUT2D eigenvalue weighted by atomic mass is 19.4. The summed E-state index contributed by atoms with van der Waals surface area (Å²) in [6.45, 7) is 9.04. The summed E-state index contributed by atoms with van der Waals surface area (Å²) in [4.78, 5) is 3.19. The minimum Gasteiger partial charge on any atom is -0.367 e. The Morgan fingerprint density at radius 2 is 2.03 bits per heavy atom. The molecule has 3 rings (SSSR count). The number of halogens is 6. The van der Waals surface area contributed by atoms with Crippen molar-refractivity contribution in [1.29, 1.82) is 5.26 Å².